The molecule has 0 aliphatic heterocycles. The minimum atomic E-state index is -3.80. The first-order valence-corrected chi connectivity index (χ1v) is 9.75. The summed E-state index contributed by atoms with van der Waals surface area (Å²) in [5.41, 5.74) is 0.434. The molecule has 0 fully saturated rings. The van der Waals surface area contributed by atoms with Gasteiger partial charge in [0, 0.05) is 5.69 Å². The van der Waals surface area contributed by atoms with E-state index in [0.29, 0.717) is 5.75 Å². The molecule has 2 aromatic carbocycles. The molecule has 0 heterocycles. The van der Waals surface area contributed by atoms with Crippen molar-refractivity contribution in [2.75, 3.05) is 23.0 Å². The van der Waals surface area contributed by atoms with Gasteiger partial charge in [0.25, 0.3) is 0 Å². The van der Waals surface area contributed by atoms with E-state index in [1.807, 2.05) is 0 Å². The Balaban J connectivity index is 2.34. The Morgan fingerprint density at radius 1 is 1.27 bits per heavy atom. The smallest absolute Gasteiger partial charge is 0.247 e. The number of halogens is 2. The fourth-order valence-corrected chi connectivity index (χ4v) is 3.83. The van der Waals surface area contributed by atoms with Crippen LogP contribution in [0, 0.1) is 5.82 Å². The highest BCUT2D eigenvalue weighted by Crippen LogP contribution is 2.31. The van der Waals surface area contributed by atoms with Crippen molar-refractivity contribution >= 4 is 38.9 Å². The van der Waals surface area contributed by atoms with Crippen molar-refractivity contribution in [3.8, 4) is 5.75 Å². The number of amides is 1. The highest BCUT2D eigenvalue weighted by molar-refractivity contribution is 7.92. The van der Waals surface area contributed by atoms with Gasteiger partial charge in [-0.2, -0.15) is 0 Å². The molecule has 9 heteroatoms. The number of carbonyl (C=O) groups is 1. The first-order chi connectivity index (χ1) is 12.1. The van der Waals surface area contributed by atoms with Gasteiger partial charge in [0.1, 0.15) is 17.6 Å². The number of benzene rings is 2. The Morgan fingerprint density at radius 3 is 2.50 bits per heavy atom. The van der Waals surface area contributed by atoms with Crippen LogP contribution in [0.25, 0.3) is 0 Å². The van der Waals surface area contributed by atoms with Crippen LogP contribution in [0.15, 0.2) is 42.5 Å². The maximum atomic E-state index is 13.3. The van der Waals surface area contributed by atoms with Gasteiger partial charge in [-0.3, -0.25) is 9.10 Å². The molecule has 0 saturated heterocycles. The summed E-state index contributed by atoms with van der Waals surface area (Å²) in [7, 11) is -2.37. The van der Waals surface area contributed by atoms with Crippen molar-refractivity contribution in [1.82, 2.24) is 0 Å². The van der Waals surface area contributed by atoms with Crippen molar-refractivity contribution in [3.63, 3.8) is 0 Å². The number of ether oxygens (including phenoxy) is 1. The number of rotatable bonds is 6. The second-order valence-electron chi connectivity index (χ2n) is 5.55. The Morgan fingerprint density at radius 2 is 1.96 bits per heavy atom. The first-order valence-electron chi connectivity index (χ1n) is 7.53. The van der Waals surface area contributed by atoms with Gasteiger partial charge in [0.2, 0.25) is 15.9 Å². The molecule has 1 atom stereocenters. The van der Waals surface area contributed by atoms with Crippen LogP contribution in [0.5, 0.6) is 5.75 Å². The summed E-state index contributed by atoms with van der Waals surface area (Å²) in [6.45, 7) is 1.42. The largest absolute Gasteiger partial charge is 0.495 e. The van der Waals surface area contributed by atoms with E-state index < -0.39 is 27.8 Å². The Hall–Kier alpha value is -2.32. The third-order valence-electron chi connectivity index (χ3n) is 3.57. The third-order valence-corrected chi connectivity index (χ3v) is 5.11. The van der Waals surface area contributed by atoms with E-state index in [4.69, 9.17) is 16.3 Å². The number of nitrogens with one attached hydrogen (secondary N) is 1. The lowest BCUT2D eigenvalue weighted by Gasteiger charge is -2.28. The molecule has 0 aliphatic carbocycles. The van der Waals surface area contributed by atoms with Gasteiger partial charge in [-0.15, -0.1) is 0 Å². The quantitative estimate of drug-likeness (QED) is 0.807. The summed E-state index contributed by atoms with van der Waals surface area (Å²) in [6, 6.07) is 8.60. The summed E-state index contributed by atoms with van der Waals surface area (Å²) in [4.78, 5) is 12.5. The Kier molecular flexibility index (Phi) is 6.09. The highest BCUT2D eigenvalue weighted by atomic mass is 35.5. The zero-order valence-corrected chi connectivity index (χ0v) is 15.9. The van der Waals surface area contributed by atoms with Crippen LogP contribution in [0.1, 0.15) is 6.92 Å². The topological polar surface area (TPSA) is 75.7 Å². The molecule has 0 radical (unpaired) electrons. The molecule has 0 spiro atoms. The van der Waals surface area contributed by atoms with Gasteiger partial charge < -0.3 is 10.1 Å². The molecule has 140 valence electrons. The van der Waals surface area contributed by atoms with Gasteiger partial charge in [-0.1, -0.05) is 17.7 Å². The lowest BCUT2D eigenvalue weighted by Crippen LogP contribution is -2.45. The van der Waals surface area contributed by atoms with Gasteiger partial charge in [0.15, 0.2) is 0 Å². The molecule has 2 aromatic rings. The van der Waals surface area contributed by atoms with E-state index in [-0.39, 0.29) is 16.4 Å². The number of sulfonamides is 1. The minimum absolute atomic E-state index is 0.205. The molecule has 1 N–H and O–H groups in total. The summed E-state index contributed by atoms with van der Waals surface area (Å²) in [5.74, 6) is -0.758. The fraction of sp³-hybridized carbons (Fsp3) is 0.235. The van der Waals surface area contributed by atoms with Crippen LogP contribution in [0.3, 0.4) is 0 Å². The van der Waals surface area contributed by atoms with E-state index in [2.05, 4.69) is 5.32 Å². The molecule has 0 unspecified atom stereocenters. The van der Waals surface area contributed by atoms with Crippen molar-refractivity contribution in [1.29, 1.82) is 0 Å². The summed E-state index contributed by atoms with van der Waals surface area (Å²) in [5, 5.41) is 2.70. The van der Waals surface area contributed by atoms with Crippen molar-refractivity contribution in [2.45, 2.75) is 13.0 Å². The molecule has 0 bridgehead atoms. The summed E-state index contributed by atoms with van der Waals surface area (Å²) in [6.07, 6.45) is 0.983. The first kappa shape index (κ1) is 20.0. The molecule has 26 heavy (non-hydrogen) atoms. The van der Waals surface area contributed by atoms with E-state index in [1.165, 1.54) is 50.4 Å². The molecule has 0 aromatic heterocycles. The second-order valence-corrected chi connectivity index (χ2v) is 7.82. The number of carbonyl (C=O) groups excluding carboxylic acids is 1. The fourth-order valence-electron chi connectivity index (χ4n) is 2.41. The zero-order chi connectivity index (χ0) is 19.5. The predicted molar refractivity (Wildman–Crippen MR) is 99.8 cm³/mol. The SMILES string of the molecule is COc1ccc(N([C@H](C)C(=O)Nc2cccc(F)c2)S(C)(=O)=O)cc1Cl. The van der Waals surface area contributed by atoms with Crippen molar-refractivity contribution in [3.05, 3.63) is 53.3 Å². The third kappa shape index (κ3) is 4.64. The summed E-state index contributed by atoms with van der Waals surface area (Å²) < 4.78 is 43.8. The van der Waals surface area contributed by atoms with Crippen LogP contribution < -0.4 is 14.4 Å². The second kappa shape index (κ2) is 7.92. The maximum Gasteiger partial charge on any atom is 0.247 e. The number of hydrogen-bond donors (Lipinski definition) is 1. The van der Waals surface area contributed by atoms with Crippen LogP contribution in [0.2, 0.25) is 5.02 Å². The van der Waals surface area contributed by atoms with E-state index in [1.54, 1.807) is 0 Å². The van der Waals surface area contributed by atoms with Gasteiger partial charge in [0.05, 0.1) is 24.1 Å². The molecular weight excluding hydrogens is 383 g/mol. The number of anilines is 2. The molecule has 1 amide bonds. The molecule has 0 aliphatic rings. The monoisotopic (exact) mass is 400 g/mol. The molecule has 6 nitrogen and oxygen atoms in total. The Labute approximate surface area is 156 Å². The number of methoxy groups -OCH3 is 1. The normalized spacial score (nSPS) is 12.3. The minimum Gasteiger partial charge on any atom is -0.495 e. The number of hydrogen-bond acceptors (Lipinski definition) is 4. The molecule has 0 saturated carbocycles. The van der Waals surface area contributed by atoms with Gasteiger partial charge in [-0.05, 0) is 43.3 Å². The standard InChI is InChI=1S/C17H18ClFN2O4S/c1-11(17(22)20-13-6-4-5-12(19)9-13)21(26(3,23)24)14-7-8-16(25-2)15(18)10-14/h4-11H,1-3H3,(H,20,22)/t11-/m1/s1. The zero-order valence-electron chi connectivity index (χ0n) is 14.4. The predicted octanol–water partition coefficient (Wildman–Crippen LogP) is 3.28. The lowest BCUT2D eigenvalue weighted by molar-refractivity contribution is -0.116. The van der Waals surface area contributed by atoms with Crippen LogP contribution in [0.4, 0.5) is 15.8 Å². The van der Waals surface area contributed by atoms with E-state index in [0.717, 1.165) is 16.6 Å². The van der Waals surface area contributed by atoms with Crippen molar-refractivity contribution < 1.29 is 22.3 Å². The summed E-state index contributed by atoms with van der Waals surface area (Å²) >= 11 is 6.07. The van der Waals surface area contributed by atoms with Crippen LogP contribution in [-0.4, -0.2) is 33.7 Å². The highest BCUT2D eigenvalue weighted by Gasteiger charge is 2.29. The van der Waals surface area contributed by atoms with Gasteiger partial charge in [-0.25, -0.2) is 12.8 Å². The van der Waals surface area contributed by atoms with Crippen LogP contribution >= 0.6 is 11.6 Å². The average molecular weight is 401 g/mol. The molecular formula is C17H18ClFN2O4S. The van der Waals surface area contributed by atoms with Crippen LogP contribution in [-0.2, 0) is 14.8 Å². The number of nitrogens with zero attached hydrogens (tertiary/aromatic N) is 1. The van der Waals surface area contributed by atoms with E-state index in [9.17, 15) is 17.6 Å². The Bertz CT molecular complexity index is 921. The van der Waals surface area contributed by atoms with E-state index >= 15 is 0 Å². The molecule has 2 rings (SSSR count). The maximum absolute atomic E-state index is 13.3. The average Bonchev–Trinajstić information content (AvgIpc) is 2.53. The van der Waals surface area contributed by atoms with Gasteiger partial charge >= 0.3 is 0 Å². The lowest BCUT2D eigenvalue weighted by atomic mass is 10.2. The van der Waals surface area contributed by atoms with Crippen molar-refractivity contribution in [2.24, 2.45) is 0 Å².